The predicted molar refractivity (Wildman–Crippen MR) is 116 cm³/mol. The lowest BCUT2D eigenvalue weighted by atomic mass is 10.1. The molecule has 2 aromatic carbocycles. The number of hydrogen-bond acceptors (Lipinski definition) is 5. The van der Waals surface area contributed by atoms with E-state index in [1.54, 1.807) is 0 Å². The molecule has 29 heavy (non-hydrogen) atoms. The van der Waals surface area contributed by atoms with Crippen LogP contribution in [0.25, 0.3) is 10.9 Å². The smallest absolute Gasteiger partial charge is 0.245 e. The van der Waals surface area contributed by atoms with Gasteiger partial charge in [0, 0.05) is 31.4 Å². The summed E-state index contributed by atoms with van der Waals surface area (Å²) in [6, 6.07) is 16.0. The number of hydrogen-bond donors (Lipinski definition) is 1. The fourth-order valence-corrected chi connectivity index (χ4v) is 3.97. The van der Waals surface area contributed by atoms with Gasteiger partial charge in [-0.25, -0.2) is 9.97 Å². The molecular weight excluding hydrogens is 362 g/mol. The molecule has 1 aromatic heterocycles. The Morgan fingerprint density at radius 2 is 1.93 bits per heavy atom. The molecule has 1 aliphatic heterocycles. The van der Waals surface area contributed by atoms with Gasteiger partial charge in [-0.05, 0) is 38.1 Å². The second-order valence-electron chi connectivity index (χ2n) is 7.64. The largest absolute Gasteiger partial charge is 0.342 e. The molecule has 1 saturated heterocycles. The van der Waals surface area contributed by atoms with Crippen molar-refractivity contribution in [3.05, 3.63) is 65.5 Å². The molecule has 1 fully saturated rings. The number of aromatic nitrogens is 2. The van der Waals surface area contributed by atoms with Crippen LogP contribution in [0.15, 0.2) is 48.5 Å². The fraction of sp³-hybridized carbons (Fsp3) is 0.348. The summed E-state index contributed by atoms with van der Waals surface area (Å²) in [7, 11) is 0. The minimum atomic E-state index is -0.280. The zero-order valence-corrected chi connectivity index (χ0v) is 17.0. The summed E-state index contributed by atoms with van der Waals surface area (Å²) in [5.74, 6) is 1.68. The molecule has 0 bridgehead atoms. The zero-order chi connectivity index (χ0) is 20.4. The molecule has 1 amide bonds. The maximum absolute atomic E-state index is 13.2. The van der Waals surface area contributed by atoms with Crippen LogP contribution in [-0.2, 0) is 17.8 Å². The van der Waals surface area contributed by atoms with Crippen LogP contribution in [0.5, 0.6) is 0 Å². The summed E-state index contributed by atoms with van der Waals surface area (Å²) in [6.07, 6.45) is 0.619. The summed E-state index contributed by atoms with van der Waals surface area (Å²) in [6.45, 7) is 6.58. The first-order valence-electron chi connectivity index (χ1n) is 10.1. The van der Waals surface area contributed by atoms with Gasteiger partial charge >= 0.3 is 0 Å². The van der Waals surface area contributed by atoms with Crippen LogP contribution in [0.1, 0.15) is 23.9 Å². The van der Waals surface area contributed by atoms with Crippen LogP contribution in [0, 0.1) is 6.92 Å². The van der Waals surface area contributed by atoms with E-state index in [4.69, 9.17) is 10.7 Å². The van der Waals surface area contributed by atoms with Gasteiger partial charge in [0.1, 0.15) is 17.7 Å². The molecule has 1 aliphatic rings. The van der Waals surface area contributed by atoms with E-state index in [1.165, 1.54) is 5.56 Å². The number of aryl methyl sites for hydroxylation is 1. The lowest BCUT2D eigenvalue weighted by Gasteiger charge is -2.40. The van der Waals surface area contributed by atoms with Crippen molar-refractivity contribution in [2.45, 2.75) is 32.9 Å². The molecule has 1 unspecified atom stereocenters. The summed E-state index contributed by atoms with van der Waals surface area (Å²) < 4.78 is 0. The van der Waals surface area contributed by atoms with Crippen LogP contribution in [-0.4, -0.2) is 46.5 Å². The Morgan fingerprint density at radius 3 is 2.72 bits per heavy atom. The molecule has 1 atom stereocenters. The van der Waals surface area contributed by atoms with Crippen LogP contribution in [0.3, 0.4) is 0 Å². The minimum absolute atomic E-state index is 0.126. The topological polar surface area (TPSA) is 75.3 Å². The maximum Gasteiger partial charge on any atom is 0.245 e. The van der Waals surface area contributed by atoms with E-state index in [0.717, 1.165) is 34.7 Å². The van der Waals surface area contributed by atoms with Gasteiger partial charge in [-0.3, -0.25) is 4.79 Å². The van der Waals surface area contributed by atoms with E-state index in [-0.39, 0.29) is 11.9 Å². The average molecular weight is 390 g/mol. The van der Waals surface area contributed by atoms with Crippen molar-refractivity contribution < 1.29 is 4.79 Å². The first-order valence-corrected chi connectivity index (χ1v) is 10.1. The number of fused-ring (bicyclic) bond motifs is 1. The van der Waals surface area contributed by atoms with Crippen molar-refractivity contribution in [3.63, 3.8) is 0 Å². The Kier molecular flexibility index (Phi) is 5.45. The molecule has 6 heteroatoms. The molecule has 3 aromatic rings. The van der Waals surface area contributed by atoms with E-state index in [0.29, 0.717) is 26.1 Å². The normalized spacial score (nSPS) is 17.2. The molecule has 2 heterocycles. The summed E-state index contributed by atoms with van der Waals surface area (Å²) in [5, 5.41) is 0.972. The van der Waals surface area contributed by atoms with Crippen molar-refractivity contribution in [2.75, 3.05) is 24.5 Å². The van der Waals surface area contributed by atoms with Crippen molar-refractivity contribution in [2.24, 2.45) is 5.73 Å². The summed E-state index contributed by atoms with van der Waals surface area (Å²) in [5.41, 5.74) is 9.00. The first kappa shape index (κ1) is 19.3. The Hall–Kier alpha value is -2.99. The van der Waals surface area contributed by atoms with Crippen LogP contribution in [0.2, 0.25) is 0 Å². The van der Waals surface area contributed by atoms with Crippen LogP contribution < -0.4 is 10.6 Å². The van der Waals surface area contributed by atoms with E-state index in [2.05, 4.69) is 35.0 Å². The van der Waals surface area contributed by atoms with Gasteiger partial charge in [0.15, 0.2) is 0 Å². The van der Waals surface area contributed by atoms with E-state index >= 15 is 0 Å². The summed E-state index contributed by atoms with van der Waals surface area (Å²) in [4.78, 5) is 26.6. The third kappa shape index (κ3) is 3.93. The lowest BCUT2D eigenvalue weighted by Crippen LogP contribution is -2.56. The van der Waals surface area contributed by atoms with Gasteiger partial charge in [-0.2, -0.15) is 0 Å². The quantitative estimate of drug-likeness (QED) is 0.726. The second kappa shape index (κ2) is 8.17. The highest BCUT2D eigenvalue weighted by atomic mass is 16.2. The number of rotatable bonds is 5. The van der Waals surface area contributed by atoms with Gasteiger partial charge in [0.2, 0.25) is 5.91 Å². The number of amides is 1. The Labute approximate surface area is 171 Å². The predicted octanol–water partition coefficient (Wildman–Crippen LogP) is 2.68. The molecule has 150 valence electrons. The molecule has 0 radical (unpaired) electrons. The number of carbonyl (C=O) groups is 1. The minimum Gasteiger partial charge on any atom is -0.342 e. The number of anilines is 1. The number of benzene rings is 2. The maximum atomic E-state index is 13.2. The van der Waals surface area contributed by atoms with Crippen molar-refractivity contribution >= 4 is 22.6 Å². The number of para-hydroxylation sites is 1. The lowest BCUT2D eigenvalue weighted by molar-refractivity contribution is -0.134. The highest BCUT2D eigenvalue weighted by Crippen LogP contribution is 2.28. The highest BCUT2D eigenvalue weighted by molar-refractivity contribution is 5.93. The standard InChI is InChI=1S/C23H27N5O/c1-16-6-5-7-18(14-16)15-27-12-13-28(17(2)23(27)29)22-19-8-3-4-9-20(19)25-21(26-22)10-11-24/h3-9,14,17H,10-13,15,24H2,1-2H3. The molecule has 0 saturated carbocycles. The number of nitrogens with zero attached hydrogens (tertiary/aromatic N) is 4. The average Bonchev–Trinajstić information content (AvgIpc) is 2.71. The van der Waals surface area contributed by atoms with Gasteiger partial charge < -0.3 is 15.5 Å². The number of nitrogens with two attached hydrogens (primary N) is 1. The van der Waals surface area contributed by atoms with Crippen molar-refractivity contribution in [3.8, 4) is 0 Å². The SMILES string of the molecule is Cc1cccc(CN2CCN(c3nc(CCN)nc4ccccc34)C(C)C2=O)c1. The van der Waals surface area contributed by atoms with Gasteiger partial charge in [-0.1, -0.05) is 42.0 Å². The monoisotopic (exact) mass is 389 g/mol. The first-order chi connectivity index (χ1) is 14.1. The molecule has 2 N–H and O–H groups in total. The van der Waals surface area contributed by atoms with E-state index in [9.17, 15) is 4.79 Å². The highest BCUT2D eigenvalue weighted by Gasteiger charge is 2.33. The summed E-state index contributed by atoms with van der Waals surface area (Å²) >= 11 is 0. The Bertz CT molecular complexity index is 1030. The molecule has 4 rings (SSSR count). The molecular formula is C23H27N5O. The number of piperazine rings is 1. The van der Waals surface area contributed by atoms with E-state index < -0.39 is 0 Å². The molecule has 0 spiro atoms. The molecule has 0 aliphatic carbocycles. The van der Waals surface area contributed by atoms with Crippen LogP contribution >= 0.6 is 0 Å². The van der Waals surface area contributed by atoms with Gasteiger partial charge in [0.05, 0.1) is 5.52 Å². The Balaban J connectivity index is 1.62. The zero-order valence-electron chi connectivity index (χ0n) is 17.0. The number of carbonyl (C=O) groups excluding carboxylic acids is 1. The van der Waals surface area contributed by atoms with E-state index in [1.807, 2.05) is 42.2 Å². The molecule has 6 nitrogen and oxygen atoms in total. The third-order valence-electron chi connectivity index (χ3n) is 5.47. The van der Waals surface area contributed by atoms with Gasteiger partial charge in [-0.15, -0.1) is 0 Å². The Morgan fingerprint density at radius 1 is 1.10 bits per heavy atom. The third-order valence-corrected chi connectivity index (χ3v) is 5.47. The second-order valence-corrected chi connectivity index (χ2v) is 7.64. The fourth-order valence-electron chi connectivity index (χ4n) is 3.97. The van der Waals surface area contributed by atoms with Crippen molar-refractivity contribution in [1.82, 2.24) is 14.9 Å². The van der Waals surface area contributed by atoms with Crippen molar-refractivity contribution in [1.29, 1.82) is 0 Å². The van der Waals surface area contributed by atoms with Gasteiger partial charge in [0.25, 0.3) is 0 Å². The van der Waals surface area contributed by atoms with Crippen LogP contribution in [0.4, 0.5) is 5.82 Å².